The van der Waals surface area contributed by atoms with Gasteiger partial charge in [-0.2, -0.15) is 0 Å². The number of phosphoric ester groups is 1. The molecule has 0 saturated heterocycles. The van der Waals surface area contributed by atoms with Crippen LogP contribution in [-0.4, -0.2) is 50.0 Å². The summed E-state index contributed by atoms with van der Waals surface area (Å²) in [5.74, 6) is -0.216. The highest BCUT2D eigenvalue weighted by Gasteiger charge is 2.26. The normalized spacial score (nSPS) is 14.3. The quantitative estimate of drug-likeness (QED) is 0.0773. The summed E-state index contributed by atoms with van der Waals surface area (Å²) in [5.41, 5.74) is 0. The predicted octanol–water partition coefficient (Wildman–Crippen LogP) is 6.40. The Morgan fingerprint density at radius 3 is 1.87 bits per heavy atom. The van der Waals surface area contributed by atoms with Gasteiger partial charge in [0.2, 0.25) is 0 Å². The molecule has 1 N–H and O–H groups in total. The molecule has 0 spiro atoms. The number of ether oxygens (including phenoxy) is 1. The fourth-order valence-corrected chi connectivity index (χ4v) is 4.20. The molecule has 0 aromatic heterocycles. The standard InChI is InChI=1S/C22H44ClO7P/c1-3-4-5-6-7-8-9-10-11-12-13-14-15-16-22(25)28-19-21(24)20-30-31(26,27-2)29-18-17-23/h21,24H,3-20H2,1-2H3/t21-,31?/m1/s1. The van der Waals surface area contributed by atoms with Gasteiger partial charge in [0.15, 0.2) is 0 Å². The Bertz CT molecular complexity index is 465. The summed E-state index contributed by atoms with van der Waals surface area (Å²) in [6.07, 6.45) is 15.4. The molecule has 9 heteroatoms. The maximum atomic E-state index is 12.0. The van der Waals surface area contributed by atoms with E-state index in [1.54, 1.807) is 0 Å². The monoisotopic (exact) mass is 486 g/mol. The Kier molecular flexibility index (Phi) is 21.5. The van der Waals surface area contributed by atoms with Gasteiger partial charge in [-0.05, 0) is 6.42 Å². The van der Waals surface area contributed by atoms with Crippen molar-refractivity contribution in [3.05, 3.63) is 0 Å². The van der Waals surface area contributed by atoms with Gasteiger partial charge in [0.1, 0.15) is 12.7 Å². The topological polar surface area (TPSA) is 91.3 Å². The first-order valence-corrected chi connectivity index (χ1v) is 13.8. The van der Waals surface area contributed by atoms with Crippen molar-refractivity contribution in [3.8, 4) is 0 Å². The number of alkyl halides is 1. The average Bonchev–Trinajstić information content (AvgIpc) is 2.78. The molecule has 31 heavy (non-hydrogen) atoms. The van der Waals surface area contributed by atoms with Crippen LogP contribution in [0.5, 0.6) is 0 Å². The van der Waals surface area contributed by atoms with Crippen molar-refractivity contribution in [3.63, 3.8) is 0 Å². The van der Waals surface area contributed by atoms with Crippen LogP contribution in [0.4, 0.5) is 0 Å². The van der Waals surface area contributed by atoms with E-state index in [0.29, 0.717) is 6.42 Å². The molecule has 1 unspecified atom stereocenters. The molecule has 2 atom stereocenters. The van der Waals surface area contributed by atoms with Crippen LogP contribution in [0.3, 0.4) is 0 Å². The lowest BCUT2D eigenvalue weighted by molar-refractivity contribution is -0.147. The molecule has 0 aliphatic rings. The second-order valence-corrected chi connectivity index (χ2v) is 9.93. The molecule has 0 saturated carbocycles. The van der Waals surface area contributed by atoms with Gasteiger partial charge >= 0.3 is 13.8 Å². The van der Waals surface area contributed by atoms with Crippen molar-refractivity contribution in [2.24, 2.45) is 0 Å². The van der Waals surface area contributed by atoms with E-state index in [9.17, 15) is 14.5 Å². The number of aliphatic hydroxyl groups excluding tert-OH is 1. The maximum absolute atomic E-state index is 12.0. The van der Waals surface area contributed by atoms with Gasteiger partial charge in [-0.3, -0.25) is 18.4 Å². The fraction of sp³-hybridized carbons (Fsp3) is 0.955. The lowest BCUT2D eigenvalue weighted by atomic mass is 10.0. The first-order valence-electron chi connectivity index (χ1n) is 11.8. The SMILES string of the molecule is CCCCCCCCCCCCCCCC(=O)OC[C@@H](O)COP(=O)(OC)OCCCl. The number of aliphatic hydroxyl groups is 1. The number of phosphoric acid groups is 1. The fourth-order valence-electron chi connectivity index (χ4n) is 3.06. The van der Waals surface area contributed by atoms with Crippen LogP contribution < -0.4 is 0 Å². The Hall–Kier alpha value is -0.170. The van der Waals surface area contributed by atoms with E-state index >= 15 is 0 Å². The number of carbonyl (C=O) groups is 1. The molecule has 0 heterocycles. The van der Waals surface area contributed by atoms with E-state index in [0.717, 1.165) is 19.3 Å². The Morgan fingerprint density at radius 2 is 1.39 bits per heavy atom. The van der Waals surface area contributed by atoms with Crippen molar-refractivity contribution in [1.29, 1.82) is 0 Å². The van der Waals surface area contributed by atoms with E-state index in [-0.39, 0.29) is 31.7 Å². The number of unbranched alkanes of at least 4 members (excludes halogenated alkanes) is 12. The maximum Gasteiger partial charge on any atom is 0.474 e. The molecule has 7 nitrogen and oxygen atoms in total. The third kappa shape index (κ3) is 20.2. The molecule has 0 aromatic carbocycles. The Balaban J connectivity index is 3.54. The number of carbonyl (C=O) groups excluding carboxylic acids is 1. The first-order chi connectivity index (χ1) is 15.0. The van der Waals surface area contributed by atoms with Crippen molar-refractivity contribution >= 4 is 25.4 Å². The van der Waals surface area contributed by atoms with Gasteiger partial charge in [-0.1, -0.05) is 84.0 Å². The Morgan fingerprint density at radius 1 is 0.871 bits per heavy atom. The largest absolute Gasteiger partial charge is 0.474 e. The van der Waals surface area contributed by atoms with Crippen LogP contribution >= 0.6 is 19.4 Å². The zero-order valence-electron chi connectivity index (χ0n) is 19.5. The molecule has 0 amide bonds. The average molecular weight is 487 g/mol. The third-order valence-electron chi connectivity index (χ3n) is 4.90. The molecule has 0 aliphatic carbocycles. The zero-order valence-corrected chi connectivity index (χ0v) is 21.2. The minimum atomic E-state index is -3.75. The van der Waals surface area contributed by atoms with Crippen molar-refractivity contribution in [2.45, 2.75) is 103 Å². The molecular weight excluding hydrogens is 443 g/mol. The van der Waals surface area contributed by atoms with Crippen LogP contribution in [0.2, 0.25) is 0 Å². The molecule has 0 rings (SSSR count). The highest BCUT2D eigenvalue weighted by Crippen LogP contribution is 2.48. The number of hydrogen-bond acceptors (Lipinski definition) is 7. The second-order valence-electron chi connectivity index (χ2n) is 7.78. The van der Waals surface area contributed by atoms with E-state index in [4.69, 9.17) is 25.4 Å². The van der Waals surface area contributed by atoms with Gasteiger partial charge in [0.25, 0.3) is 0 Å². The lowest BCUT2D eigenvalue weighted by Crippen LogP contribution is -2.23. The van der Waals surface area contributed by atoms with E-state index in [1.807, 2.05) is 0 Å². The van der Waals surface area contributed by atoms with E-state index in [2.05, 4.69) is 11.4 Å². The number of halogens is 1. The highest BCUT2D eigenvalue weighted by atomic mass is 35.5. The summed E-state index contributed by atoms with van der Waals surface area (Å²) >= 11 is 5.46. The van der Waals surface area contributed by atoms with Gasteiger partial charge in [-0.25, -0.2) is 4.57 Å². The highest BCUT2D eigenvalue weighted by molar-refractivity contribution is 7.48. The second kappa shape index (κ2) is 21.7. The molecule has 0 radical (unpaired) electrons. The third-order valence-corrected chi connectivity index (χ3v) is 6.46. The van der Waals surface area contributed by atoms with Crippen molar-refractivity contribution in [2.75, 3.05) is 32.8 Å². The summed E-state index contributed by atoms with van der Waals surface area (Å²) in [6.45, 7) is 1.68. The molecule has 0 fully saturated rings. The first kappa shape index (κ1) is 30.8. The van der Waals surface area contributed by atoms with Crippen molar-refractivity contribution in [1.82, 2.24) is 0 Å². The zero-order chi connectivity index (χ0) is 23.2. The van der Waals surface area contributed by atoms with Gasteiger partial charge in [-0.15, -0.1) is 11.6 Å². The van der Waals surface area contributed by atoms with Crippen LogP contribution in [0, 0.1) is 0 Å². The summed E-state index contributed by atoms with van der Waals surface area (Å²) < 4.78 is 31.6. The number of rotatable bonds is 23. The number of hydrogen-bond donors (Lipinski definition) is 1. The minimum absolute atomic E-state index is 0.00310. The summed E-state index contributed by atoms with van der Waals surface area (Å²) in [7, 11) is -2.57. The van der Waals surface area contributed by atoms with Gasteiger partial charge in [0.05, 0.1) is 13.2 Å². The van der Waals surface area contributed by atoms with E-state index < -0.39 is 13.9 Å². The predicted molar refractivity (Wildman–Crippen MR) is 125 cm³/mol. The summed E-state index contributed by atoms with van der Waals surface area (Å²) in [5, 5.41) is 9.81. The molecule has 0 bridgehead atoms. The smallest absolute Gasteiger partial charge is 0.463 e. The summed E-state index contributed by atoms with van der Waals surface area (Å²) in [6, 6.07) is 0. The van der Waals surface area contributed by atoms with Crippen LogP contribution in [0.25, 0.3) is 0 Å². The van der Waals surface area contributed by atoms with Gasteiger partial charge in [0, 0.05) is 19.4 Å². The van der Waals surface area contributed by atoms with Crippen LogP contribution in [0.1, 0.15) is 96.8 Å². The lowest BCUT2D eigenvalue weighted by Gasteiger charge is -2.17. The van der Waals surface area contributed by atoms with E-state index in [1.165, 1.54) is 71.3 Å². The van der Waals surface area contributed by atoms with Crippen LogP contribution in [0.15, 0.2) is 0 Å². The summed E-state index contributed by atoms with van der Waals surface area (Å²) in [4.78, 5) is 11.8. The molecule has 0 aromatic rings. The molecule has 186 valence electrons. The van der Waals surface area contributed by atoms with Crippen molar-refractivity contribution < 1.29 is 32.8 Å². The minimum Gasteiger partial charge on any atom is -0.463 e. The van der Waals surface area contributed by atoms with Crippen LogP contribution in [-0.2, 0) is 27.7 Å². The number of esters is 1. The Labute approximate surface area is 194 Å². The molecular formula is C22H44ClO7P. The molecule has 0 aliphatic heterocycles. The van der Waals surface area contributed by atoms with Gasteiger partial charge < -0.3 is 9.84 Å².